The van der Waals surface area contributed by atoms with Gasteiger partial charge in [0.25, 0.3) is 5.91 Å². The van der Waals surface area contributed by atoms with Crippen LogP contribution in [0.5, 0.6) is 0 Å². The van der Waals surface area contributed by atoms with Gasteiger partial charge in [-0.3, -0.25) is 19.4 Å². The molecule has 1 aromatic rings. The first-order valence-corrected chi connectivity index (χ1v) is 9.33. The SMILES string of the molecule is CC(=O)N1CCN(C(=O)c2ccccn2)CCNC(=O)C2CCCCC21. The Kier molecular flexibility index (Phi) is 5.85. The van der Waals surface area contributed by atoms with E-state index in [-0.39, 0.29) is 29.7 Å². The maximum Gasteiger partial charge on any atom is 0.272 e. The van der Waals surface area contributed by atoms with Crippen molar-refractivity contribution < 1.29 is 14.4 Å². The van der Waals surface area contributed by atoms with E-state index in [1.807, 2.05) is 0 Å². The van der Waals surface area contributed by atoms with Crippen LogP contribution in [0.25, 0.3) is 0 Å². The number of rotatable bonds is 1. The molecule has 0 spiro atoms. The number of nitrogens with one attached hydrogen (secondary N) is 1. The average molecular weight is 358 g/mol. The molecular weight excluding hydrogens is 332 g/mol. The first kappa shape index (κ1) is 18.4. The second kappa shape index (κ2) is 8.29. The van der Waals surface area contributed by atoms with Crippen molar-refractivity contribution >= 4 is 17.7 Å². The lowest BCUT2D eigenvalue weighted by Crippen LogP contribution is -2.55. The van der Waals surface area contributed by atoms with Crippen LogP contribution in [-0.2, 0) is 9.59 Å². The Morgan fingerprint density at radius 1 is 1.15 bits per heavy atom. The van der Waals surface area contributed by atoms with Gasteiger partial charge in [0.1, 0.15) is 5.69 Å². The summed E-state index contributed by atoms with van der Waals surface area (Å²) in [4.78, 5) is 45.2. The maximum atomic E-state index is 12.8. The highest BCUT2D eigenvalue weighted by Crippen LogP contribution is 2.29. The van der Waals surface area contributed by atoms with Crippen LogP contribution in [0.1, 0.15) is 43.1 Å². The van der Waals surface area contributed by atoms with Crippen molar-refractivity contribution in [1.29, 1.82) is 0 Å². The van der Waals surface area contributed by atoms with Crippen LogP contribution in [0.4, 0.5) is 0 Å². The zero-order chi connectivity index (χ0) is 18.5. The Bertz CT molecular complexity index is 664. The van der Waals surface area contributed by atoms with Crippen LogP contribution in [0.2, 0.25) is 0 Å². The smallest absolute Gasteiger partial charge is 0.272 e. The highest BCUT2D eigenvalue weighted by atomic mass is 16.2. The fraction of sp³-hybridized carbons (Fsp3) is 0.579. The fourth-order valence-electron chi connectivity index (χ4n) is 3.99. The topological polar surface area (TPSA) is 82.6 Å². The van der Waals surface area contributed by atoms with Crippen LogP contribution < -0.4 is 5.32 Å². The fourth-order valence-corrected chi connectivity index (χ4v) is 3.99. The van der Waals surface area contributed by atoms with Crippen molar-refractivity contribution in [3.05, 3.63) is 30.1 Å². The van der Waals surface area contributed by atoms with E-state index in [0.717, 1.165) is 25.7 Å². The standard InChI is InChI=1S/C19H26N4O3/c1-14(24)23-13-12-22(19(26)16-7-4-5-9-20-16)11-10-21-18(25)15-6-2-3-8-17(15)23/h4-5,7,9,15,17H,2-3,6,8,10-13H2,1H3,(H,21,25). The van der Waals surface area contributed by atoms with Gasteiger partial charge in [-0.05, 0) is 25.0 Å². The molecule has 0 radical (unpaired) electrons. The van der Waals surface area contributed by atoms with Gasteiger partial charge in [-0.25, -0.2) is 0 Å². The molecule has 1 aliphatic carbocycles. The lowest BCUT2D eigenvalue weighted by Gasteiger charge is -2.40. The molecule has 0 bridgehead atoms. The second-order valence-corrected chi connectivity index (χ2v) is 6.97. The van der Waals surface area contributed by atoms with E-state index in [2.05, 4.69) is 10.3 Å². The zero-order valence-electron chi connectivity index (χ0n) is 15.2. The highest BCUT2D eigenvalue weighted by Gasteiger charge is 2.37. The number of carbonyl (C=O) groups is 3. The average Bonchev–Trinajstić information content (AvgIpc) is 2.66. The van der Waals surface area contributed by atoms with Crippen LogP contribution in [0.15, 0.2) is 24.4 Å². The molecule has 1 aromatic heterocycles. The third-order valence-corrected chi connectivity index (χ3v) is 5.33. The Labute approximate surface area is 153 Å². The summed E-state index contributed by atoms with van der Waals surface area (Å²) in [6, 6.07) is 5.14. The molecule has 2 heterocycles. The Morgan fingerprint density at radius 3 is 2.69 bits per heavy atom. The van der Waals surface area contributed by atoms with Gasteiger partial charge in [0.05, 0.1) is 5.92 Å². The number of hydrogen-bond acceptors (Lipinski definition) is 4. The van der Waals surface area contributed by atoms with Crippen LogP contribution in [0.3, 0.4) is 0 Å². The van der Waals surface area contributed by atoms with E-state index in [4.69, 9.17) is 0 Å². The van der Waals surface area contributed by atoms with Gasteiger partial charge in [0.15, 0.2) is 0 Å². The summed E-state index contributed by atoms with van der Waals surface area (Å²) in [5, 5.41) is 2.96. The van der Waals surface area contributed by atoms with Gasteiger partial charge < -0.3 is 15.1 Å². The normalized spacial score (nSPS) is 24.4. The minimum atomic E-state index is -0.177. The molecule has 1 saturated carbocycles. The molecule has 1 N–H and O–H groups in total. The monoisotopic (exact) mass is 358 g/mol. The summed E-state index contributed by atoms with van der Waals surface area (Å²) < 4.78 is 0. The van der Waals surface area contributed by atoms with Crippen molar-refractivity contribution in [3.8, 4) is 0 Å². The van der Waals surface area contributed by atoms with Crippen LogP contribution in [-0.4, -0.2) is 64.7 Å². The van der Waals surface area contributed by atoms with Gasteiger partial charge >= 0.3 is 0 Å². The summed E-state index contributed by atoms with van der Waals surface area (Å²) in [7, 11) is 0. The molecule has 140 valence electrons. The van der Waals surface area contributed by atoms with E-state index in [0.29, 0.717) is 31.9 Å². The number of fused-ring (bicyclic) bond motifs is 1. The summed E-state index contributed by atoms with van der Waals surface area (Å²) in [6.07, 6.45) is 5.28. The molecule has 1 aliphatic heterocycles. The van der Waals surface area contributed by atoms with Gasteiger partial charge in [-0.15, -0.1) is 0 Å². The van der Waals surface area contributed by atoms with Crippen molar-refractivity contribution in [2.24, 2.45) is 5.92 Å². The van der Waals surface area contributed by atoms with Crippen molar-refractivity contribution in [3.63, 3.8) is 0 Å². The molecular formula is C19H26N4O3. The minimum Gasteiger partial charge on any atom is -0.354 e. The lowest BCUT2D eigenvalue weighted by molar-refractivity contribution is -0.137. The van der Waals surface area contributed by atoms with Crippen molar-refractivity contribution in [1.82, 2.24) is 20.1 Å². The first-order valence-electron chi connectivity index (χ1n) is 9.33. The van der Waals surface area contributed by atoms with Gasteiger partial charge in [-0.2, -0.15) is 0 Å². The van der Waals surface area contributed by atoms with Crippen molar-refractivity contribution in [2.75, 3.05) is 26.2 Å². The number of hydrogen-bond donors (Lipinski definition) is 1. The van der Waals surface area contributed by atoms with Crippen LogP contribution in [0, 0.1) is 5.92 Å². The predicted molar refractivity (Wildman–Crippen MR) is 96.3 cm³/mol. The Morgan fingerprint density at radius 2 is 1.96 bits per heavy atom. The zero-order valence-corrected chi connectivity index (χ0v) is 15.2. The first-order chi connectivity index (χ1) is 12.6. The van der Waals surface area contributed by atoms with Gasteiger partial charge in [-0.1, -0.05) is 18.9 Å². The van der Waals surface area contributed by atoms with Crippen molar-refractivity contribution in [2.45, 2.75) is 38.6 Å². The number of amides is 3. The molecule has 7 heteroatoms. The quantitative estimate of drug-likeness (QED) is 0.814. The predicted octanol–water partition coefficient (Wildman–Crippen LogP) is 1.06. The summed E-state index contributed by atoms with van der Waals surface area (Å²) in [6.45, 7) is 3.25. The van der Waals surface area contributed by atoms with Gasteiger partial charge in [0, 0.05) is 45.3 Å². The van der Waals surface area contributed by atoms with Crippen LogP contribution >= 0.6 is 0 Å². The molecule has 26 heavy (non-hydrogen) atoms. The van der Waals surface area contributed by atoms with E-state index in [1.165, 1.54) is 0 Å². The van der Waals surface area contributed by atoms with E-state index in [1.54, 1.807) is 41.1 Å². The Hall–Kier alpha value is -2.44. The molecule has 2 fully saturated rings. The van der Waals surface area contributed by atoms with Gasteiger partial charge in [0.2, 0.25) is 11.8 Å². The van der Waals surface area contributed by atoms with E-state index < -0.39 is 0 Å². The van der Waals surface area contributed by atoms with E-state index in [9.17, 15) is 14.4 Å². The summed E-state index contributed by atoms with van der Waals surface area (Å²) in [5.41, 5.74) is 0.376. The summed E-state index contributed by atoms with van der Waals surface area (Å²) in [5.74, 6) is -0.372. The molecule has 0 aromatic carbocycles. The largest absolute Gasteiger partial charge is 0.354 e. The number of aromatic nitrogens is 1. The molecule has 2 unspecified atom stereocenters. The molecule has 2 atom stereocenters. The third kappa shape index (κ3) is 4.03. The molecule has 2 aliphatic rings. The van der Waals surface area contributed by atoms with E-state index >= 15 is 0 Å². The summed E-state index contributed by atoms with van der Waals surface area (Å²) >= 11 is 0. The highest BCUT2D eigenvalue weighted by molar-refractivity contribution is 5.92. The molecule has 3 rings (SSSR count). The Balaban J connectivity index is 1.80. The second-order valence-electron chi connectivity index (χ2n) is 6.97. The third-order valence-electron chi connectivity index (χ3n) is 5.33. The minimum absolute atomic E-state index is 0.00640. The number of nitrogens with zero attached hydrogens (tertiary/aromatic N) is 3. The number of carbonyl (C=O) groups excluding carboxylic acids is 3. The number of pyridine rings is 1. The molecule has 7 nitrogen and oxygen atoms in total. The molecule has 1 saturated heterocycles. The molecule has 3 amide bonds. The lowest BCUT2D eigenvalue weighted by atomic mass is 9.82. The maximum absolute atomic E-state index is 12.8.